The van der Waals surface area contributed by atoms with E-state index in [1.165, 1.54) is 6.07 Å². The van der Waals surface area contributed by atoms with Crippen molar-refractivity contribution >= 4 is 11.5 Å². The van der Waals surface area contributed by atoms with Crippen molar-refractivity contribution in [2.45, 2.75) is 32.3 Å². The number of carbonyl (C=O) groups is 1. The number of hydrogen-bond acceptors (Lipinski definition) is 5. The van der Waals surface area contributed by atoms with Crippen LogP contribution in [-0.2, 0) is 11.3 Å². The van der Waals surface area contributed by atoms with Gasteiger partial charge in [0.2, 0.25) is 0 Å². The van der Waals surface area contributed by atoms with Gasteiger partial charge in [0.15, 0.2) is 11.9 Å². The summed E-state index contributed by atoms with van der Waals surface area (Å²) >= 11 is 0. The van der Waals surface area contributed by atoms with E-state index in [-0.39, 0.29) is 17.7 Å². The second kappa shape index (κ2) is 9.97. The molecule has 4 aromatic rings. The summed E-state index contributed by atoms with van der Waals surface area (Å²) in [4.78, 5) is 27.3. The van der Waals surface area contributed by atoms with Gasteiger partial charge in [-0.3, -0.25) is 14.8 Å². The monoisotopic (exact) mass is 465 g/mol. The highest BCUT2D eigenvalue weighted by Crippen LogP contribution is 2.32. The Morgan fingerprint density at radius 1 is 1.03 bits per heavy atom. The molecule has 0 saturated carbocycles. The van der Waals surface area contributed by atoms with Crippen molar-refractivity contribution in [3.05, 3.63) is 119 Å². The van der Waals surface area contributed by atoms with Crippen LogP contribution in [0.1, 0.15) is 51.7 Å². The van der Waals surface area contributed by atoms with Gasteiger partial charge in [-0.15, -0.1) is 0 Å². The Balaban J connectivity index is 1.47. The number of halogens is 1. The van der Waals surface area contributed by atoms with Crippen molar-refractivity contribution in [3.63, 3.8) is 0 Å². The predicted molar refractivity (Wildman–Crippen MR) is 133 cm³/mol. The number of rotatable bonds is 7. The Labute approximate surface area is 203 Å². The lowest BCUT2D eigenvalue weighted by Gasteiger charge is -2.11. The number of hydrogen-bond donors (Lipinski definition) is 0. The van der Waals surface area contributed by atoms with Crippen LogP contribution in [0.2, 0.25) is 0 Å². The fraction of sp³-hybridized carbons (Fsp3) is 0.172. The maximum absolute atomic E-state index is 14.9. The smallest absolute Gasteiger partial charge is 0.174 e. The standard InChI is InChI=1S/C29H24FN3O2/c1-19-7-9-24(25(30)13-19)21-14-22(27-17-29(35-33-27)26-6-2-3-12-32-26)16-23(15-21)28(34)10-8-20-5-4-11-31-18-20/h2-7,9,11-16,18,29H,8,10,17H2,1H3. The molecule has 0 radical (unpaired) electrons. The average Bonchev–Trinajstić information content (AvgIpc) is 3.39. The molecule has 3 heterocycles. The summed E-state index contributed by atoms with van der Waals surface area (Å²) in [5, 5.41) is 4.29. The van der Waals surface area contributed by atoms with E-state index in [0.717, 1.165) is 22.4 Å². The van der Waals surface area contributed by atoms with E-state index in [1.54, 1.807) is 30.7 Å². The molecule has 0 fully saturated rings. The van der Waals surface area contributed by atoms with E-state index >= 15 is 0 Å². The molecule has 1 aliphatic rings. The largest absolute Gasteiger partial charge is 0.385 e. The first kappa shape index (κ1) is 22.6. The van der Waals surface area contributed by atoms with Gasteiger partial charge in [-0.2, -0.15) is 0 Å². The van der Waals surface area contributed by atoms with Gasteiger partial charge in [0.1, 0.15) is 5.82 Å². The molecule has 0 amide bonds. The maximum Gasteiger partial charge on any atom is 0.174 e. The van der Waals surface area contributed by atoms with E-state index in [9.17, 15) is 9.18 Å². The van der Waals surface area contributed by atoms with E-state index in [4.69, 9.17) is 4.84 Å². The van der Waals surface area contributed by atoms with Crippen LogP contribution in [0.25, 0.3) is 11.1 Å². The fourth-order valence-electron chi connectivity index (χ4n) is 4.19. The molecule has 1 unspecified atom stereocenters. The SMILES string of the molecule is Cc1ccc(-c2cc(C(=O)CCc3cccnc3)cc(C3=NOC(c4ccccn4)C3)c2)c(F)c1. The molecule has 5 nitrogen and oxygen atoms in total. The lowest BCUT2D eigenvalue weighted by molar-refractivity contribution is 0.0826. The first-order valence-corrected chi connectivity index (χ1v) is 11.5. The summed E-state index contributed by atoms with van der Waals surface area (Å²) in [7, 11) is 0. The molecule has 2 aromatic heterocycles. The summed E-state index contributed by atoms with van der Waals surface area (Å²) < 4.78 is 14.9. The highest BCUT2D eigenvalue weighted by molar-refractivity contribution is 6.05. The summed E-state index contributed by atoms with van der Waals surface area (Å²) in [6, 6.07) is 20.0. The number of ketones is 1. The minimum absolute atomic E-state index is 0.0229. The molecular formula is C29H24FN3O2. The van der Waals surface area contributed by atoms with Gasteiger partial charge in [-0.25, -0.2) is 4.39 Å². The highest BCUT2D eigenvalue weighted by Gasteiger charge is 2.26. The van der Waals surface area contributed by atoms with Crippen LogP contribution in [0.5, 0.6) is 0 Å². The zero-order chi connectivity index (χ0) is 24.2. The van der Waals surface area contributed by atoms with Crippen LogP contribution in [-0.4, -0.2) is 21.5 Å². The molecule has 1 atom stereocenters. The number of aromatic nitrogens is 2. The van der Waals surface area contributed by atoms with Crippen LogP contribution >= 0.6 is 0 Å². The Hall–Kier alpha value is -4.19. The second-order valence-corrected chi connectivity index (χ2v) is 8.66. The molecular weight excluding hydrogens is 441 g/mol. The molecule has 174 valence electrons. The number of oxime groups is 1. The first-order chi connectivity index (χ1) is 17.1. The predicted octanol–water partition coefficient (Wildman–Crippen LogP) is 6.27. The van der Waals surface area contributed by atoms with Crippen molar-refractivity contribution in [1.29, 1.82) is 0 Å². The molecule has 5 rings (SSSR count). The third-order valence-corrected chi connectivity index (χ3v) is 6.07. The van der Waals surface area contributed by atoms with E-state index in [0.29, 0.717) is 41.7 Å². The van der Waals surface area contributed by atoms with Crippen LogP contribution in [0.4, 0.5) is 4.39 Å². The molecule has 0 aliphatic carbocycles. The van der Waals surface area contributed by atoms with Gasteiger partial charge in [0.25, 0.3) is 0 Å². The highest BCUT2D eigenvalue weighted by atomic mass is 19.1. The van der Waals surface area contributed by atoms with Crippen LogP contribution < -0.4 is 0 Å². The van der Waals surface area contributed by atoms with Crippen molar-refractivity contribution in [1.82, 2.24) is 9.97 Å². The molecule has 1 aliphatic heterocycles. The third-order valence-electron chi connectivity index (χ3n) is 6.07. The van der Waals surface area contributed by atoms with E-state index < -0.39 is 0 Å². The lowest BCUT2D eigenvalue weighted by atomic mass is 9.92. The maximum atomic E-state index is 14.9. The number of pyridine rings is 2. The third kappa shape index (κ3) is 5.17. The zero-order valence-electron chi connectivity index (χ0n) is 19.3. The van der Waals surface area contributed by atoms with Crippen LogP contribution in [0, 0.1) is 12.7 Å². The Morgan fingerprint density at radius 2 is 1.91 bits per heavy atom. The zero-order valence-corrected chi connectivity index (χ0v) is 19.3. The van der Waals surface area contributed by atoms with Gasteiger partial charge in [-0.05, 0) is 72.5 Å². The number of carbonyl (C=O) groups excluding carboxylic acids is 1. The Morgan fingerprint density at radius 3 is 2.69 bits per heavy atom. The van der Waals surface area contributed by atoms with Crippen molar-refractivity contribution < 1.29 is 14.0 Å². The molecule has 0 bridgehead atoms. The molecule has 35 heavy (non-hydrogen) atoms. The Kier molecular flexibility index (Phi) is 6.44. The normalized spacial score (nSPS) is 14.9. The molecule has 2 aromatic carbocycles. The molecule has 0 spiro atoms. The van der Waals surface area contributed by atoms with Crippen LogP contribution in [0.3, 0.4) is 0 Å². The van der Waals surface area contributed by atoms with Gasteiger partial charge in [0.05, 0.1) is 11.4 Å². The van der Waals surface area contributed by atoms with Gasteiger partial charge in [-0.1, -0.05) is 29.4 Å². The molecule has 0 N–H and O–H groups in total. The number of nitrogens with zero attached hydrogens (tertiary/aromatic N) is 3. The molecule has 6 heteroatoms. The van der Waals surface area contributed by atoms with Crippen molar-refractivity contribution in [3.8, 4) is 11.1 Å². The van der Waals surface area contributed by atoms with Crippen molar-refractivity contribution in [2.75, 3.05) is 0 Å². The topological polar surface area (TPSA) is 64.4 Å². The van der Waals surface area contributed by atoms with Crippen molar-refractivity contribution in [2.24, 2.45) is 5.16 Å². The Bertz CT molecular complexity index is 1390. The summed E-state index contributed by atoms with van der Waals surface area (Å²) in [6.07, 6.45) is 6.31. The van der Waals surface area contributed by atoms with Crippen LogP contribution in [0.15, 0.2) is 90.5 Å². The van der Waals surface area contributed by atoms with Gasteiger partial charge >= 0.3 is 0 Å². The summed E-state index contributed by atoms with van der Waals surface area (Å²) in [5.41, 5.74) is 5.66. The average molecular weight is 466 g/mol. The van der Waals surface area contributed by atoms with E-state index in [2.05, 4.69) is 15.1 Å². The number of aryl methyl sites for hydroxylation is 2. The molecule has 0 saturated heterocycles. The minimum atomic E-state index is -0.327. The summed E-state index contributed by atoms with van der Waals surface area (Å²) in [6.45, 7) is 1.85. The quantitative estimate of drug-likeness (QED) is 0.302. The van der Waals surface area contributed by atoms with Gasteiger partial charge < -0.3 is 4.84 Å². The van der Waals surface area contributed by atoms with Gasteiger partial charge in [0, 0.05) is 48.1 Å². The number of Topliss-reactive ketones (excluding diaryl/α,β-unsaturated/α-hetero) is 1. The summed E-state index contributed by atoms with van der Waals surface area (Å²) in [5.74, 6) is -0.350. The second-order valence-electron chi connectivity index (χ2n) is 8.66. The van der Waals surface area contributed by atoms with E-state index in [1.807, 2.05) is 55.5 Å². The number of benzene rings is 2. The first-order valence-electron chi connectivity index (χ1n) is 11.5. The fourth-order valence-corrected chi connectivity index (χ4v) is 4.19. The lowest BCUT2D eigenvalue weighted by Crippen LogP contribution is -2.07. The minimum Gasteiger partial charge on any atom is -0.385 e.